The molecule has 4 heteroatoms. The summed E-state index contributed by atoms with van der Waals surface area (Å²) in [4.78, 5) is 0. The first-order chi connectivity index (χ1) is 8.42. The summed E-state index contributed by atoms with van der Waals surface area (Å²) in [5.41, 5.74) is 1.16. The monoisotopic (exact) mass is 234 g/mol. The number of rotatable bonds is 3. The lowest BCUT2D eigenvalue weighted by Gasteiger charge is -2.24. The molecule has 4 rings (SSSR count). The number of ether oxygens (including phenoxy) is 4. The van der Waals surface area contributed by atoms with Crippen LogP contribution in [0.2, 0.25) is 0 Å². The normalized spacial score (nSPS) is 42.2. The van der Waals surface area contributed by atoms with Crippen LogP contribution in [-0.4, -0.2) is 37.3 Å². The molecule has 90 valence electrons. The standard InChI is InChI=1S/C13H14O4/c1-2-4-8(5-3-1)6-14-12-11-10(17-11)9-7-15-13(12)16-9/h1-5,9-13H,6-7H2. The molecular formula is C13H14O4. The third-order valence-electron chi connectivity index (χ3n) is 3.54. The third-order valence-corrected chi connectivity index (χ3v) is 3.54. The molecule has 3 saturated heterocycles. The Bertz CT molecular complexity index is 407. The van der Waals surface area contributed by atoms with Crippen LogP contribution in [0.3, 0.4) is 0 Å². The molecule has 2 bridgehead atoms. The minimum absolute atomic E-state index is 0.0843. The second kappa shape index (κ2) is 3.78. The minimum atomic E-state index is -0.243. The van der Waals surface area contributed by atoms with Crippen LogP contribution in [0, 0.1) is 0 Å². The Kier molecular flexibility index (Phi) is 2.23. The van der Waals surface area contributed by atoms with Crippen LogP contribution in [-0.2, 0) is 25.6 Å². The summed E-state index contributed by atoms with van der Waals surface area (Å²) < 4.78 is 22.7. The van der Waals surface area contributed by atoms with Gasteiger partial charge in [0.25, 0.3) is 0 Å². The Balaban J connectivity index is 1.43. The molecule has 0 aliphatic carbocycles. The van der Waals surface area contributed by atoms with Gasteiger partial charge in [-0.25, -0.2) is 0 Å². The molecular weight excluding hydrogens is 220 g/mol. The van der Waals surface area contributed by atoms with Gasteiger partial charge in [0.2, 0.25) is 0 Å². The van der Waals surface area contributed by atoms with Crippen molar-refractivity contribution >= 4 is 0 Å². The van der Waals surface area contributed by atoms with E-state index in [0.29, 0.717) is 13.2 Å². The second-order valence-corrected chi connectivity index (χ2v) is 4.70. The molecule has 3 heterocycles. The Labute approximate surface area is 99.4 Å². The smallest absolute Gasteiger partial charge is 0.187 e. The zero-order valence-electron chi connectivity index (χ0n) is 9.32. The van der Waals surface area contributed by atoms with Crippen molar-refractivity contribution in [2.75, 3.05) is 6.61 Å². The number of fused-ring (bicyclic) bond motifs is 4. The first-order valence-electron chi connectivity index (χ1n) is 6.00. The molecule has 3 aliphatic rings. The lowest BCUT2D eigenvalue weighted by atomic mass is 10.1. The molecule has 4 nitrogen and oxygen atoms in total. The highest BCUT2D eigenvalue weighted by Gasteiger charge is 2.61. The molecule has 0 aromatic heterocycles. The van der Waals surface area contributed by atoms with E-state index in [-0.39, 0.29) is 30.7 Å². The highest BCUT2D eigenvalue weighted by molar-refractivity contribution is 5.14. The van der Waals surface area contributed by atoms with Crippen molar-refractivity contribution in [2.24, 2.45) is 0 Å². The van der Waals surface area contributed by atoms with Crippen molar-refractivity contribution < 1.29 is 18.9 Å². The SMILES string of the molecule is c1ccc(COC2C3OCC(O3)C3OC32)cc1. The van der Waals surface area contributed by atoms with Crippen molar-refractivity contribution in [1.82, 2.24) is 0 Å². The largest absolute Gasteiger partial charge is 0.365 e. The average molecular weight is 234 g/mol. The topological polar surface area (TPSA) is 40.2 Å². The van der Waals surface area contributed by atoms with Crippen molar-refractivity contribution in [2.45, 2.75) is 37.3 Å². The van der Waals surface area contributed by atoms with Crippen molar-refractivity contribution in [3.05, 3.63) is 35.9 Å². The molecule has 0 amide bonds. The number of hydrogen-bond donors (Lipinski definition) is 0. The van der Waals surface area contributed by atoms with Crippen molar-refractivity contribution in [3.63, 3.8) is 0 Å². The predicted octanol–water partition coefficient (Wildman–Crippen LogP) is 1.09. The zero-order valence-corrected chi connectivity index (χ0v) is 9.32. The summed E-state index contributed by atoms with van der Waals surface area (Å²) in [6, 6.07) is 10.1. The zero-order chi connectivity index (χ0) is 11.2. The third kappa shape index (κ3) is 1.68. The van der Waals surface area contributed by atoms with Crippen molar-refractivity contribution in [1.29, 1.82) is 0 Å². The minimum Gasteiger partial charge on any atom is -0.365 e. The Morgan fingerprint density at radius 1 is 1.12 bits per heavy atom. The van der Waals surface area contributed by atoms with Gasteiger partial charge in [-0.3, -0.25) is 0 Å². The van der Waals surface area contributed by atoms with Crippen LogP contribution in [0.1, 0.15) is 5.56 Å². The van der Waals surface area contributed by atoms with Gasteiger partial charge in [-0.15, -0.1) is 0 Å². The Hall–Kier alpha value is -0.940. The average Bonchev–Trinajstić information content (AvgIpc) is 3.05. The van der Waals surface area contributed by atoms with Gasteiger partial charge in [-0.2, -0.15) is 0 Å². The summed E-state index contributed by atoms with van der Waals surface area (Å²) in [6.07, 6.45) is 0.160. The van der Waals surface area contributed by atoms with Gasteiger partial charge < -0.3 is 18.9 Å². The summed E-state index contributed by atoms with van der Waals surface area (Å²) in [5, 5.41) is 0. The lowest BCUT2D eigenvalue weighted by Crippen LogP contribution is -2.41. The van der Waals surface area contributed by atoms with Crippen LogP contribution in [0.5, 0.6) is 0 Å². The van der Waals surface area contributed by atoms with E-state index < -0.39 is 0 Å². The first kappa shape index (κ1) is 10.0. The van der Waals surface area contributed by atoms with E-state index in [1.165, 1.54) is 0 Å². The molecule has 1 aromatic rings. The van der Waals surface area contributed by atoms with Crippen LogP contribution in [0.15, 0.2) is 30.3 Å². The summed E-state index contributed by atoms with van der Waals surface area (Å²) in [6.45, 7) is 1.21. The first-order valence-corrected chi connectivity index (χ1v) is 6.00. The van der Waals surface area contributed by atoms with E-state index in [2.05, 4.69) is 0 Å². The van der Waals surface area contributed by atoms with Gasteiger partial charge in [-0.05, 0) is 5.56 Å². The van der Waals surface area contributed by atoms with E-state index >= 15 is 0 Å². The van der Waals surface area contributed by atoms with Gasteiger partial charge in [0.15, 0.2) is 6.29 Å². The van der Waals surface area contributed by atoms with Crippen LogP contribution in [0.25, 0.3) is 0 Å². The molecule has 0 radical (unpaired) electrons. The molecule has 3 fully saturated rings. The predicted molar refractivity (Wildman–Crippen MR) is 58.3 cm³/mol. The molecule has 17 heavy (non-hydrogen) atoms. The van der Waals surface area contributed by atoms with E-state index in [0.717, 1.165) is 5.56 Å². The van der Waals surface area contributed by atoms with Gasteiger partial charge in [0, 0.05) is 0 Å². The molecule has 0 spiro atoms. The maximum absolute atomic E-state index is 5.88. The highest BCUT2D eigenvalue weighted by atomic mass is 16.8. The molecule has 3 aliphatic heterocycles. The lowest BCUT2D eigenvalue weighted by molar-refractivity contribution is -0.168. The van der Waals surface area contributed by atoms with Crippen molar-refractivity contribution in [3.8, 4) is 0 Å². The molecule has 1 aromatic carbocycles. The number of hydrogen-bond acceptors (Lipinski definition) is 4. The summed E-state index contributed by atoms with van der Waals surface area (Å²) in [5.74, 6) is 0. The van der Waals surface area contributed by atoms with Crippen LogP contribution >= 0.6 is 0 Å². The van der Waals surface area contributed by atoms with Gasteiger partial charge in [-0.1, -0.05) is 30.3 Å². The van der Waals surface area contributed by atoms with E-state index in [4.69, 9.17) is 18.9 Å². The van der Waals surface area contributed by atoms with Gasteiger partial charge >= 0.3 is 0 Å². The molecule has 5 atom stereocenters. The fourth-order valence-corrected chi connectivity index (χ4v) is 2.58. The van der Waals surface area contributed by atoms with Gasteiger partial charge in [0.05, 0.1) is 13.2 Å². The molecule has 0 saturated carbocycles. The molecule has 5 unspecified atom stereocenters. The van der Waals surface area contributed by atoms with E-state index in [9.17, 15) is 0 Å². The second-order valence-electron chi connectivity index (χ2n) is 4.70. The van der Waals surface area contributed by atoms with E-state index in [1.807, 2.05) is 30.3 Å². The fraction of sp³-hybridized carbons (Fsp3) is 0.538. The molecule has 0 N–H and O–H groups in total. The van der Waals surface area contributed by atoms with Crippen LogP contribution in [0.4, 0.5) is 0 Å². The Morgan fingerprint density at radius 3 is 2.88 bits per heavy atom. The Morgan fingerprint density at radius 2 is 2.00 bits per heavy atom. The van der Waals surface area contributed by atoms with Gasteiger partial charge in [0.1, 0.15) is 24.4 Å². The maximum atomic E-state index is 5.88. The summed E-state index contributed by atoms with van der Waals surface area (Å²) >= 11 is 0. The van der Waals surface area contributed by atoms with Crippen LogP contribution < -0.4 is 0 Å². The summed E-state index contributed by atoms with van der Waals surface area (Å²) in [7, 11) is 0. The quantitative estimate of drug-likeness (QED) is 0.734. The fourth-order valence-electron chi connectivity index (χ4n) is 2.58. The maximum Gasteiger partial charge on any atom is 0.187 e. The van der Waals surface area contributed by atoms with E-state index in [1.54, 1.807) is 0 Å². The number of benzene rings is 1. The highest BCUT2D eigenvalue weighted by Crippen LogP contribution is 2.43. The number of epoxide rings is 1.